The number of rotatable bonds is 5. The minimum Gasteiger partial charge on any atom is -0.481 e. The van der Waals surface area contributed by atoms with E-state index in [9.17, 15) is 14.7 Å². The smallest absolute Gasteiger partial charge is 0.310 e. The molecule has 2 aliphatic heterocycles. The summed E-state index contributed by atoms with van der Waals surface area (Å²) in [5.74, 6) is -1.77. The summed E-state index contributed by atoms with van der Waals surface area (Å²) in [6.07, 6.45) is 2.41. The molecule has 2 aromatic carbocycles. The van der Waals surface area contributed by atoms with Crippen molar-refractivity contribution < 1.29 is 24.2 Å². The summed E-state index contributed by atoms with van der Waals surface area (Å²) in [4.78, 5) is 24.1. The van der Waals surface area contributed by atoms with Gasteiger partial charge in [-0.1, -0.05) is 23.8 Å². The lowest BCUT2D eigenvalue weighted by molar-refractivity contribution is -0.145. The largest absolute Gasteiger partial charge is 0.481 e. The summed E-state index contributed by atoms with van der Waals surface area (Å²) in [7, 11) is 0. The molecule has 2 aliphatic rings. The Kier molecular flexibility index (Phi) is 4.59. The van der Waals surface area contributed by atoms with Gasteiger partial charge in [-0.25, -0.2) is 0 Å². The number of ether oxygens (including phenoxy) is 2. The first-order valence-corrected chi connectivity index (χ1v) is 8.80. The third kappa shape index (κ3) is 3.54. The molecule has 0 saturated carbocycles. The van der Waals surface area contributed by atoms with Gasteiger partial charge in [-0.2, -0.15) is 0 Å². The zero-order valence-corrected chi connectivity index (χ0v) is 14.8. The van der Waals surface area contributed by atoms with Crippen molar-refractivity contribution in [1.29, 1.82) is 0 Å². The first-order valence-electron chi connectivity index (χ1n) is 8.42. The second-order valence-corrected chi connectivity index (χ2v) is 6.85. The van der Waals surface area contributed by atoms with Gasteiger partial charge in [-0.15, -0.1) is 0 Å². The number of hydrogen-bond donors (Lipinski definition) is 2. The second kappa shape index (κ2) is 7.06. The van der Waals surface area contributed by atoms with Gasteiger partial charge < -0.3 is 19.9 Å². The molecule has 6 nitrogen and oxygen atoms in total. The van der Waals surface area contributed by atoms with Gasteiger partial charge >= 0.3 is 5.97 Å². The molecule has 1 amide bonds. The monoisotopic (exact) mass is 385 g/mol. The quantitative estimate of drug-likeness (QED) is 0.766. The van der Waals surface area contributed by atoms with Crippen LogP contribution in [-0.4, -0.2) is 29.2 Å². The van der Waals surface area contributed by atoms with Crippen LogP contribution in [0.25, 0.3) is 0 Å². The number of aliphatic carboxylic acids is 1. The number of nitrogens with one attached hydrogen (secondary N) is 1. The molecule has 2 heterocycles. The fourth-order valence-corrected chi connectivity index (χ4v) is 3.51. The van der Waals surface area contributed by atoms with Gasteiger partial charge in [-0.05, 0) is 48.5 Å². The number of anilines is 1. The summed E-state index contributed by atoms with van der Waals surface area (Å²) in [6, 6.07) is 13.8. The summed E-state index contributed by atoms with van der Waals surface area (Å²) in [5.41, 5.74) is 0.555. The van der Waals surface area contributed by atoms with E-state index >= 15 is 0 Å². The van der Waals surface area contributed by atoms with Crippen LogP contribution < -0.4 is 10.1 Å². The second-order valence-electron chi connectivity index (χ2n) is 6.41. The number of hydrogen-bond acceptors (Lipinski definition) is 4. The topological polar surface area (TPSA) is 84.9 Å². The minimum atomic E-state index is -1.03. The van der Waals surface area contributed by atoms with Gasteiger partial charge in [0.15, 0.2) is 0 Å². The van der Waals surface area contributed by atoms with E-state index in [2.05, 4.69) is 5.32 Å². The number of carbonyl (C=O) groups is 2. The number of halogens is 1. The maximum absolute atomic E-state index is 12.6. The lowest BCUT2D eigenvalue weighted by Crippen LogP contribution is -2.39. The molecule has 2 bridgehead atoms. The van der Waals surface area contributed by atoms with E-state index in [4.69, 9.17) is 21.1 Å². The van der Waals surface area contributed by atoms with E-state index in [1.807, 2.05) is 0 Å². The average Bonchev–Trinajstić information content (AvgIpc) is 3.26. The van der Waals surface area contributed by atoms with E-state index in [1.54, 1.807) is 60.7 Å². The van der Waals surface area contributed by atoms with Crippen LogP contribution >= 0.6 is 11.6 Å². The molecule has 0 unspecified atom stereocenters. The fourth-order valence-electron chi connectivity index (χ4n) is 3.39. The van der Waals surface area contributed by atoms with Crippen LogP contribution in [0.4, 0.5) is 5.69 Å². The van der Waals surface area contributed by atoms with Crippen LogP contribution in [0.2, 0.25) is 5.02 Å². The van der Waals surface area contributed by atoms with Crippen molar-refractivity contribution in [3.63, 3.8) is 0 Å². The Labute approximate surface area is 160 Å². The molecule has 2 N–H and O–H groups in total. The van der Waals surface area contributed by atoms with E-state index in [0.29, 0.717) is 22.2 Å². The van der Waals surface area contributed by atoms with Gasteiger partial charge in [0.25, 0.3) is 0 Å². The van der Waals surface area contributed by atoms with Gasteiger partial charge in [0.2, 0.25) is 5.91 Å². The fraction of sp³-hybridized carbons (Fsp3) is 0.200. The molecule has 2 aromatic rings. The van der Waals surface area contributed by atoms with Gasteiger partial charge in [-0.3, -0.25) is 9.59 Å². The first kappa shape index (κ1) is 17.6. The predicted octanol–water partition coefficient (Wildman–Crippen LogP) is 3.73. The molecule has 7 heteroatoms. The molecule has 27 heavy (non-hydrogen) atoms. The van der Waals surface area contributed by atoms with Crippen LogP contribution in [0, 0.1) is 11.8 Å². The van der Waals surface area contributed by atoms with Crippen molar-refractivity contribution >= 4 is 29.2 Å². The Morgan fingerprint density at radius 2 is 1.48 bits per heavy atom. The van der Waals surface area contributed by atoms with Crippen LogP contribution in [0.1, 0.15) is 0 Å². The van der Waals surface area contributed by atoms with Crippen LogP contribution in [-0.2, 0) is 14.3 Å². The van der Waals surface area contributed by atoms with E-state index < -0.39 is 30.0 Å². The highest BCUT2D eigenvalue weighted by atomic mass is 35.5. The Morgan fingerprint density at radius 1 is 0.926 bits per heavy atom. The molecule has 0 radical (unpaired) electrons. The van der Waals surface area contributed by atoms with Crippen molar-refractivity contribution in [1.82, 2.24) is 0 Å². The van der Waals surface area contributed by atoms with Gasteiger partial charge in [0.05, 0.1) is 18.1 Å². The number of amides is 1. The summed E-state index contributed by atoms with van der Waals surface area (Å²) < 4.78 is 11.2. The number of carboxylic acids is 1. The Bertz CT molecular complexity index is 894. The molecule has 1 saturated heterocycles. The molecular formula is C20H16ClNO5. The Morgan fingerprint density at radius 3 is 2.07 bits per heavy atom. The van der Waals surface area contributed by atoms with Crippen molar-refractivity contribution in [3.05, 3.63) is 65.7 Å². The average molecular weight is 386 g/mol. The molecular weight excluding hydrogens is 370 g/mol. The standard InChI is InChI=1S/C20H16ClNO5/c21-11-1-5-13(6-2-11)26-14-7-3-12(4-8-14)22-19(23)17-15-9-10-16(27-15)18(17)20(24)25/h1-10,15-18H,(H,22,23)(H,24,25)/t15-,16+,17+,18+/m1/s1. The van der Waals surface area contributed by atoms with Crippen molar-refractivity contribution in [3.8, 4) is 11.5 Å². The number of fused-ring (bicyclic) bond motifs is 2. The minimum absolute atomic E-state index is 0.370. The summed E-state index contributed by atoms with van der Waals surface area (Å²) in [6.45, 7) is 0. The normalized spacial score (nSPS) is 25.4. The zero-order chi connectivity index (χ0) is 19.0. The van der Waals surface area contributed by atoms with Crippen molar-refractivity contribution in [2.45, 2.75) is 12.2 Å². The third-order valence-corrected chi connectivity index (χ3v) is 4.91. The van der Waals surface area contributed by atoms with Crippen LogP contribution in [0.3, 0.4) is 0 Å². The first-order chi connectivity index (χ1) is 13.0. The van der Waals surface area contributed by atoms with E-state index in [1.165, 1.54) is 0 Å². The molecule has 4 atom stereocenters. The van der Waals surface area contributed by atoms with Crippen molar-refractivity contribution in [2.24, 2.45) is 11.8 Å². The third-order valence-electron chi connectivity index (χ3n) is 4.66. The zero-order valence-electron chi connectivity index (χ0n) is 14.0. The number of carbonyl (C=O) groups excluding carboxylic acids is 1. The van der Waals surface area contributed by atoms with E-state index in [-0.39, 0.29) is 5.91 Å². The van der Waals surface area contributed by atoms with Gasteiger partial charge in [0, 0.05) is 10.7 Å². The Balaban J connectivity index is 1.42. The lowest BCUT2D eigenvalue weighted by Gasteiger charge is -2.21. The molecule has 1 fully saturated rings. The Hall–Kier alpha value is -2.83. The lowest BCUT2D eigenvalue weighted by atomic mass is 9.82. The van der Waals surface area contributed by atoms with Crippen LogP contribution in [0.15, 0.2) is 60.7 Å². The highest BCUT2D eigenvalue weighted by Gasteiger charge is 2.53. The van der Waals surface area contributed by atoms with E-state index in [0.717, 1.165) is 0 Å². The molecule has 0 aliphatic carbocycles. The highest BCUT2D eigenvalue weighted by molar-refractivity contribution is 6.30. The number of carboxylic acid groups (broad SMARTS) is 1. The van der Waals surface area contributed by atoms with Crippen molar-refractivity contribution in [2.75, 3.05) is 5.32 Å². The number of benzene rings is 2. The highest BCUT2D eigenvalue weighted by Crippen LogP contribution is 2.40. The SMILES string of the molecule is O=C(O)[C@@H]1[C@@H](C(=O)Nc2ccc(Oc3ccc(Cl)cc3)cc2)[C@H]2C=C[C@@H]1O2. The van der Waals surface area contributed by atoms with Crippen LogP contribution in [0.5, 0.6) is 11.5 Å². The maximum Gasteiger partial charge on any atom is 0.310 e. The predicted molar refractivity (Wildman–Crippen MR) is 99.0 cm³/mol. The molecule has 0 aromatic heterocycles. The van der Waals surface area contributed by atoms with Gasteiger partial charge in [0.1, 0.15) is 17.4 Å². The molecule has 4 rings (SSSR count). The maximum atomic E-state index is 12.6. The molecule has 0 spiro atoms. The summed E-state index contributed by atoms with van der Waals surface area (Å²) in [5, 5.41) is 12.8. The summed E-state index contributed by atoms with van der Waals surface area (Å²) >= 11 is 5.85. The molecule has 138 valence electrons.